The first kappa shape index (κ1) is 13.4. The first-order chi connectivity index (χ1) is 10.3. The molecule has 0 radical (unpaired) electrons. The second-order valence-corrected chi connectivity index (χ2v) is 5.02. The minimum atomic E-state index is 0.808. The minimum absolute atomic E-state index is 0.808. The van der Waals surface area contributed by atoms with Crippen LogP contribution in [-0.2, 0) is 13.5 Å². The van der Waals surface area contributed by atoms with Gasteiger partial charge in [-0.25, -0.2) is 0 Å². The molecule has 0 fully saturated rings. The van der Waals surface area contributed by atoms with Crippen molar-refractivity contribution in [3.63, 3.8) is 0 Å². The third-order valence-electron chi connectivity index (χ3n) is 3.59. The van der Waals surface area contributed by atoms with Gasteiger partial charge >= 0.3 is 0 Å². The van der Waals surface area contributed by atoms with Gasteiger partial charge in [-0.2, -0.15) is 5.10 Å². The van der Waals surface area contributed by atoms with E-state index in [2.05, 4.69) is 43.0 Å². The summed E-state index contributed by atoms with van der Waals surface area (Å²) < 4.78 is 1.97. The Morgan fingerprint density at radius 1 is 0.952 bits per heavy atom. The summed E-state index contributed by atoms with van der Waals surface area (Å²) in [6, 6.07) is 20.7. The van der Waals surface area contributed by atoms with Crippen LogP contribution in [0.2, 0.25) is 0 Å². The van der Waals surface area contributed by atoms with Crippen LogP contribution in [0.4, 0.5) is 0 Å². The number of rotatable bonds is 4. The van der Waals surface area contributed by atoms with Gasteiger partial charge in [-0.3, -0.25) is 4.68 Å². The smallest absolute Gasteiger partial charge is 0.0964 e. The molecule has 0 spiro atoms. The molecule has 0 aliphatic rings. The summed E-state index contributed by atoms with van der Waals surface area (Å²) in [5.74, 6) is 0. The van der Waals surface area contributed by atoms with Gasteiger partial charge in [0.2, 0.25) is 0 Å². The van der Waals surface area contributed by atoms with Crippen LogP contribution in [0, 0.1) is 0 Å². The van der Waals surface area contributed by atoms with Crippen LogP contribution < -0.4 is 0 Å². The number of benzene rings is 2. The number of nitrogens with zero attached hydrogens (tertiary/aromatic N) is 2. The Morgan fingerprint density at radius 3 is 2.10 bits per heavy atom. The molecule has 2 aromatic carbocycles. The third kappa shape index (κ3) is 2.52. The molecule has 0 unspecified atom stereocenters. The average molecular weight is 274 g/mol. The van der Waals surface area contributed by atoms with Gasteiger partial charge in [-0.1, -0.05) is 66.7 Å². The van der Waals surface area contributed by atoms with Crippen molar-refractivity contribution in [3.8, 4) is 22.5 Å². The van der Waals surface area contributed by atoms with Crippen molar-refractivity contribution < 1.29 is 0 Å². The van der Waals surface area contributed by atoms with Gasteiger partial charge in [0, 0.05) is 23.7 Å². The number of allylic oxidation sites excluding steroid dienone is 1. The van der Waals surface area contributed by atoms with Crippen molar-refractivity contribution in [1.82, 2.24) is 9.78 Å². The monoisotopic (exact) mass is 274 g/mol. The van der Waals surface area contributed by atoms with Gasteiger partial charge in [0.1, 0.15) is 0 Å². The summed E-state index contributed by atoms with van der Waals surface area (Å²) in [7, 11) is 2.00. The summed E-state index contributed by atoms with van der Waals surface area (Å²) >= 11 is 0. The van der Waals surface area contributed by atoms with E-state index in [1.54, 1.807) is 0 Å². The standard InChI is InChI=1S/C19H18N2/c1-3-10-17-18(15-11-6-4-7-12-15)20-21(2)19(17)16-13-8-5-9-14-16/h3-9,11-14H,1,10H2,2H3. The van der Waals surface area contributed by atoms with Crippen LogP contribution in [0.1, 0.15) is 5.56 Å². The lowest BCUT2D eigenvalue weighted by molar-refractivity contribution is 0.778. The van der Waals surface area contributed by atoms with E-state index in [4.69, 9.17) is 5.10 Å². The predicted molar refractivity (Wildman–Crippen MR) is 88.0 cm³/mol. The summed E-state index contributed by atoms with van der Waals surface area (Å²) in [5, 5.41) is 4.74. The fourth-order valence-electron chi connectivity index (χ4n) is 2.69. The topological polar surface area (TPSA) is 17.8 Å². The molecule has 0 atom stereocenters. The lowest BCUT2D eigenvalue weighted by atomic mass is 9.99. The highest BCUT2D eigenvalue weighted by Crippen LogP contribution is 2.32. The van der Waals surface area contributed by atoms with E-state index in [9.17, 15) is 0 Å². The average Bonchev–Trinajstić information content (AvgIpc) is 2.86. The van der Waals surface area contributed by atoms with Gasteiger partial charge < -0.3 is 0 Å². The molecular formula is C19H18N2. The Balaban J connectivity index is 2.22. The quantitative estimate of drug-likeness (QED) is 0.641. The van der Waals surface area contributed by atoms with Crippen molar-refractivity contribution in [1.29, 1.82) is 0 Å². The van der Waals surface area contributed by atoms with E-state index in [-0.39, 0.29) is 0 Å². The zero-order chi connectivity index (χ0) is 14.7. The largest absolute Gasteiger partial charge is 0.267 e. The number of hydrogen-bond donors (Lipinski definition) is 0. The Morgan fingerprint density at radius 2 is 1.52 bits per heavy atom. The van der Waals surface area contributed by atoms with Crippen molar-refractivity contribution in [2.75, 3.05) is 0 Å². The van der Waals surface area contributed by atoms with E-state index in [0.717, 1.165) is 23.4 Å². The molecule has 21 heavy (non-hydrogen) atoms. The number of aryl methyl sites for hydroxylation is 1. The summed E-state index contributed by atoms with van der Waals surface area (Å²) in [4.78, 5) is 0. The molecule has 2 heteroatoms. The molecular weight excluding hydrogens is 256 g/mol. The molecule has 0 saturated heterocycles. The lowest BCUT2D eigenvalue weighted by Crippen LogP contribution is -1.95. The summed E-state index contributed by atoms with van der Waals surface area (Å²) in [5.41, 5.74) is 5.76. The second kappa shape index (κ2) is 5.80. The highest BCUT2D eigenvalue weighted by Gasteiger charge is 2.17. The SMILES string of the molecule is C=CCc1c(-c2ccccc2)nn(C)c1-c1ccccc1. The maximum atomic E-state index is 4.74. The van der Waals surface area contributed by atoms with Crippen LogP contribution in [0.15, 0.2) is 73.3 Å². The molecule has 0 aliphatic carbocycles. The fraction of sp³-hybridized carbons (Fsp3) is 0.105. The molecule has 0 aliphatic heterocycles. The molecule has 1 aromatic heterocycles. The van der Waals surface area contributed by atoms with E-state index in [1.165, 1.54) is 11.1 Å². The second-order valence-electron chi connectivity index (χ2n) is 5.02. The highest BCUT2D eigenvalue weighted by atomic mass is 15.3. The lowest BCUT2D eigenvalue weighted by Gasteiger charge is -2.06. The van der Waals surface area contributed by atoms with Gasteiger partial charge in [0.05, 0.1) is 11.4 Å². The van der Waals surface area contributed by atoms with Crippen LogP contribution in [0.25, 0.3) is 22.5 Å². The fourth-order valence-corrected chi connectivity index (χ4v) is 2.69. The van der Waals surface area contributed by atoms with Crippen molar-refractivity contribution in [3.05, 3.63) is 78.9 Å². The number of aromatic nitrogens is 2. The van der Waals surface area contributed by atoms with Crippen molar-refractivity contribution >= 4 is 0 Å². The first-order valence-electron chi connectivity index (χ1n) is 7.09. The molecule has 104 valence electrons. The van der Waals surface area contributed by atoms with Crippen LogP contribution in [0.3, 0.4) is 0 Å². The Bertz CT molecular complexity index is 740. The Hall–Kier alpha value is -2.61. The van der Waals surface area contributed by atoms with Crippen LogP contribution in [-0.4, -0.2) is 9.78 Å². The van der Waals surface area contributed by atoms with Crippen molar-refractivity contribution in [2.45, 2.75) is 6.42 Å². The zero-order valence-corrected chi connectivity index (χ0v) is 12.2. The molecule has 1 heterocycles. The Labute approximate surface area is 125 Å². The van der Waals surface area contributed by atoms with Crippen LogP contribution >= 0.6 is 0 Å². The summed E-state index contributed by atoms with van der Waals surface area (Å²) in [6.07, 6.45) is 2.75. The van der Waals surface area contributed by atoms with Crippen LogP contribution in [0.5, 0.6) is 0 Å². The molecule has 3 aromatic rings. The molecule has 0 N–H and O–H groups in total. The van der Waals surface area contributed by atoms with E-state index in [1.807, 2.05) is 42.1 Å². The van der Waals surface area contributed by atoms with Gasteiger partial charge in [0.25, 0.3) is 0 Å². The molecule has 2 nitrogen and oxygen atoms in total. The van der Waals surface area contributed by atoms with Gasteiger partial charge in [0.15, 0.2) is 0 Å². The molecule has 3 rings (SSSR count). The Kier molecular flexibility index (Phi) is 3.69. The number of hydrogen-bond acceptors (Lipinski definition) is 1. The van der Waals surface area contributed by atoms with E-state index < -0.39 is 0 Å². The van der Waals surface area contributed by atoms with E-state index in [0.29, 0.717) is 0 Å². The molecule has 0 amide bonds. The maximum Gasteiger partial charge on any atom is 0.0964 e. The maximum absolute atomic E-state index is 4.74. The first-order valence-corrected chi connectivity index (χ1v) is 7.09. The summed E-state index contributed by atoms with van der Waals surface area (Å²) in [6.45, 7) is 3.90. The minimum Gasteiger partial charge on any atom is -0.267 e. The molecule has 0 saturated carbocycles. The zero-order valence-electron chi connectivity index (χ0n) is 12.2. The van der Waals surface area contributed by atoms with Gasteiger partial charge in [-0.05, 0) is 6.42 Å². The normalized spacial score (nSPS) is 10.5. The van der Waals surface area contributed by atoms with Crippen molar-refractivity contribution in [2.24, 2.45) is 7.05 Å². The predicted octanol–water partition coefficient (Wildman–Crippen LogP) is 4.48. The highest BCUT2D eigenvalue weighted by molar-refractivity contribution is 5.74. The molecule has 0 bridgehead atoms. The van der Waals surface area contributed by atoms with E-state index >= 15 is 0 Å². The third-order valence-corrected chi connectivity index (χ3v) is 3.59. The van der Waals surface area contributed by atoms with Gasteiger partial charge in [-0.15, -0.1) is 6.58 Å².